The maximum Gasteiger partial charge on any atom is 0.285 e. The van der Waals surface area contributed by atoms with Gasteiger partial charge in [-0.25, -0.2) is 4.98 Å². The van der Waals surface area contributed by atoms with Gasteiger partial charge in [0.2, 0.25) is 0 Å². The van der Waals surface area contributed by atoms with E-state index in [4.69, 9.17) is 0 Å². The zero-order valence-corrected chi connectivity index (χ0v) is 8.61. The highest BCUT2D eigenvalue weighted by atomic mass is 32.1. The van der Waals surface area contributed by atoms with Crippen molar-refractivity contribution in [1.82, 2.24) is 4.98 Å². The first-order chi connectivity index (χ1) is 7.29. The molecule has 1 aromatic heterocycles. The molecule has 0 saturated heterocycles. The standard InChI is InChI=1S/C11H9NO2S/c13-11(14)9(10-12-6-7-15-10)8-4-2-1-3-5-8/h1-7,13-14H. The Bertz CT molecular complexity index is 459. The van der Waals surface area contributed by atoms with Crippen LogP contribution >= 0.6 is 11.3 Å². The van der Waals surface area contributed by atoms with Gasteiger partial charge in [0.25, 0.3) is 5.95 Å². The van der Waals surface area contributed by atoms with Crippen LogP contribution in [0.3, 0.4) is 0 Å². The fourth-order valence-electron chi connectivity index (χ4n) is 1.30. The molecule has 15 heavy (non-hydrogen) atoms. The normalized spacial score (nSPS) is 9.87. The van der Waals surface area contributed by atoms with E-state index in [1.54, 1.807) is 11.6 Å². The Hall–Kier alpha value is -1.81. The predicted molar refractivity (Wildman–Crippen MR) is 59.8 cm³/mol. The van der Waals surface area contributed by atoms with Crippen molar-refractivity contribution in [3.63, 3.8) is 0 Å². The summed E-state index contributed by atoms with van der Waals surface area (Å²) in [6, 6.07) is 9.17. The number of nitrogens with zero attached hydrogens (tertiary/aromatic N) is 1. The van der Waals surface area contributed by atoms with Crippen molar-refractivity contribution in [2.75, 3.05) is 0 Å². The molecule has 1 aromatic carbocycles. The van der Waals surface area contributed by atoms with Crippen molar-refractivity contribution in [2.24, 2.45) is 0 Å². The third kappa shape index (κ3) is 1.99. The van der Waals surface area contributed by atoms with Gasteiger partial charge in [-0.1, -0.05) is 30.3 Å². The van der Waals surface area contributed by atoms with E-state index in [1.165, 1.54) is 11.3 Å². The lowest BCUT2D eigenvalue weighted by Crippen LogP contribution is -1.92. The Morgan fingerprint density at radius 3 is 2.40 bits per heavy atom. The maximum atomic E-state index is 9.24. The molecular formula is C11H9NO2S. The summed E-state index contributed by atoms with van der Waals surface area (Å²) in [5, 5.41) is 20.9. The fourth-order valence-corrected chi connectivity index (χ4v) is 2.00. The van der Waals surface area contributed by atoms with Crippen molar-refractivity contribution in [1.29, 1.82) is 0 Å². The fraction of sp³-hybridized carbons (Fsp3) is 0. The summed E-state index contributed by atoms with van der Waals surface area (Å²) in [4.78, 5) is 4.05. The number of aliphatic hydroxyl groups is 2. The van der Waals surface area contributed by atoms with E-state index in [2.05, 4.69) is 4.98 Å². The van der Waals surface area contributed by atoms with E-state index in [9.17, 15) is 10.2 Å². The topological polar surface area (TPSA) is 53.4 Å². The van der Waals surface area contributed by atoms with E-state index in [0.29, 0.717) is 10.6 Å². The quantitative estimate of drug-likeness (QED) is 0.763. The molecule has 0 bridgehead atoms. The second-order valence-corrected chi connectivity index (χ2v) is 3.80. The van der Waals surface area contributed by atoms with Gasteiger partial charge in [-0.2, -0.15) is 0 Å². The number of thiazole rings is 1. The zero-order chi connectivity index (χ0) is 10.7. The van der Waals surface area contributed by atoms with Crippen LogP contribution in [-0.4, -0.2) is 15.2 Å². The van der Waals surface area contributed by atoms with Gasteiger partial charge in [0.15, 0.2) is 0 Å². The molecule has 76 valence electrons. The van der Waals surface area contributed by atoms with Gasteiger partial charge in [0, 0.05) is 11.6 Å². The van der Waals surface area contributed by atoms with Gasteiger partial charge in [0.05, 0.1) is 5.57 Å². The summed E-state index contributed by atoms with van der Waals surface area (Å²) in [5.41, 5.74) is 1.11. The first-order valence-electron chi connectivity index (χ1n) is 4.36. The molecule has 0 amide bonds. The number of hydrogen-bond donors (Lipinski definition) is 2. The van der Waals surface area contributed by atoms with E-state index < -0.39 is 5.95 Å². The largest absolute Gasteiger partial charge is 0.481 e. The Labute approximate surface area is 91.0 Å². The smallest absolute Gasteiger partial charge is 0.285 e. The zero-order valence-electron chi connectivity index (χ0n) is 7.79. The maximum absolute atomic E-state index is 9.24. The van der Waals surface area contributed by atoms with Crippen LogP contribution in [0, 0.1) is 0 Å². The van der Waals surface area contributed by atoms with Crippen LogP contribution in [0.1, 0.15) is 10.6 Å². The molecule has 0 fully saturated rings. The molecule has 4 heteroatoms. The van der Waals surface area contributed by atoms with Crippen LogP contribution < -0.4 is 0 Å². The van der Waals surface area contributed by atoms with Crippen LogP contribution in [0.2, 0.25) is 0 Å². The van der Waals surface area contributed by atoms with Gasteiger partial charge in [0.1, 0.15) is 5.01 Å². The van der Waals surface area contributed by atoms with Crippen molar-refractivity contribution >= 4 is 16.9 Å². The molecular weight excluding hydrogens is 210 g/mol. The number of benzene rings is 1. The molecule has 0 spiro atoms. The summed E-state index contributed by atoms with van der Waals surface area (Å²) in [5.74, 6) is -0.698. The van der Waals surface area contributed by atoms with Crippen LogP contribution in [0.5, 0.6) is 0 Å². The molecule has 2 N–H and O–H groups in total. The monoisotopic (exact) mass is 219 g/mol. The SMILES string of the molecule is OC(O)=C(c1ccccc1)c1nccs1. The highest BCUT2D eigenvalue weighted by molar-refractivity contribution is 7.10. The average Bonchev–Trinajstić information content (AvgIpc) is 2.72. The summed E-state index contributed by atoms with van der Waals surface area (Å²) < 4.78 is 0. The summed E-state index contributed by atoms with van der Waals surface area (Å²) in [7, 11) is 0. The first-order valence-corrected chi connectivity index (χ1v) is 5.24. The van der Waals surface area contributed by atoms with Crippen molar-refractivity contribution in [3.8, 4) is 0 Å². The summed E-state index contributed by atoms with van der Waals surface area (Å²) in [6.45, 7) is 0. The molecule has 1 heterocycles. The van der Waals surface area contributed by atoms with E-state index >= 15 is 0 Å². The van der Waals surface area contributed by atoms with Gasteiger partial charge in [-0.3, -0.25) is 0 Å². The molecule has 2 aromatic rings. The minimum atomic E-state index is -0.698. The van der Waals surface area contributed by atoms with Crippen LogP contribution in [-0.2, 0) is 0 Å². The lowest BCUT2D eigenvalue weighted by atomic mass is 10.1. The molecule has 0 aliphatic rings. The van der Waals surface area contributed by atoms with Crippen LogP contribution in [0.4, 0.5) is 0 Å². The molecule has 0 saturated carbocycles. The van der Waals surface area contributed by atoms with Crippen molar-refractivity contribution < 1.29 is 10.2 Å². The van der Waals surface area contributed by atoms with Crippen molar-refractivity contribution in [3.05, 3.63) is 58.4 Å². The Kier molecular flexibility index (Phi) is 2.69. The molecule has 0 unspecified atom stereocenters. The molecule has 3 nitrogen and oxygen atoms in total. The molecule has 0 aliphatic carbocycles. The second-order valence-electron chi connectivity index (χ2n) is 2.90. The third-order valence-corrected chi connectivity index (χ3v) is 2.72. The van der Waals surface area contributed by atoms with E-state index in [1.807, 2.05) is 30.3 Å². The Morgan fingerprint density at radius 1 is 1.13 bits per heavy atom. The van der Waals surface area contributed by atoms with Gasteiger partial charge >= 0.3 is 0 Å². The summed E-state index contributed by atoms with van der Waals surface area (Å²) in [6.07, 6.45) is 1.63. The highest BCUT2D eigenvalue weighted by Gasteiger charge is 2.12. The minimum Gasteiger partial charge on any atom is -0.481 e. The molecule has 2 rings (SSSR count). The second kappa shape index (κ2) is 4.14. The minimum absolute atomic E-state index is 0.366. The van der Waals surface area contributed by atoms with Crippen molar-refractivity contribution in [2.45, 2.75) is 0 Å². The summed E-state index contributed by atoms with van der Waals surface area (Å²) >= 11 is 1.37. The number of rotatable bonds is 2. The number of hydrogen-bond acceptors (Lipinski definition) is 4. The lowest BCUT2D eigenvalue weighted by molar-refractivity contribution is 0.194. The third-order valence-electron chi connectivity index (χ3n) is 1.93. The van der Waals surface area contributed by atoms with Crippen LogP contribution in [0.25, 0.3) is 5.57 Å². The Balaban J connectivity index is 2.53. The van der Waals surface area contributed by atoms with Crippen LogP contribution in [0.15, 0.2) is 47.9 Å². The highest BCUT2D eigenvalue weighted by Crippen LogP contribution is 2.26. The number of aliphatic hydroxyl groups excluding tert-OH is 1. The average molecular weight is 219 g/mol. The molecule has 0 radical (unpaired) electrons. The van der Waals surface area contributed by atoms with Gasteiger partial charge in [-0.05, 0) is 5.56 Å². The number of aromatic nitrogens is 1. The van der Waals surface area contributed by atoms with E-state index in [-0.39, 0.29) is 0 Å². The molecule has 0 aliphatic heterocycles. The molecule has 0 atom stereocenters. The lowest BCUT2D eigenvalue weighted by Gasteiger charge is -2.03. The van der Waals surface area contributed by atoms with Gasteiger partial charge < -0.3 is 10.2 Å². The van der Waals surface area contributed by atoms with Gasteiger partial charge in [-0.15, -0.1) is 11.3 Å². The van der Waals surface area contributed by atoms with E-state index in [0.717, 1.165) is 5.56 Å². The first kappa shape index (κ1) is 9.73. The Morgan fingerprint density at radius 2 is 1.87 bits per heavy atom. The predicted octanol–water partition coefficient (Wildman–Crippen LogP) is 2.98.